The van der Waals surface area contributed by atoms with Crippen molar-refractivity contribution >= 4 is 28.3 Å². The van der Waals surface area contributed by atoms with Gasteiger partial charge in [0.15, 0.2) is 8.32 Å². The van der Waals surface area contributed by atoms with Gasteiger partial charge in [0.2, 0.25) is 8.32 Å². The number of unbranched alkanes of at least 4 members (excludes halogenated alkanes) is 5. The van der Waals surface area contributed by atoms with Crippen molar-refractivity contribution in [3.63, 3.8) is 0 Å². The normalized spacial score (nSPS) is 17.0. The summed E-state index contributed by atoms with van der Waals surface area (Å²) in [6, 6.07) is 0. The van der Waals surface area contributed by atoms with Gasteiger partial charge in [0.25, 0.3) is 5.97 Å². The summed E-state index contributed by atoms with van der Waals surface area (Å²) in [6.45, 7) is 17.8. The lowest BCUT2D eigenvalue weighted by atomic mass is 10.0. The van der Waals surface area contributed by atoms with Gasteiger partial charge in [-0.1, -0.05) is 56.3 Å². The van der Waals surface area contributed by atoms with Gasteiger partial charge in [-0.25, -0.2) is 0 Å². The highest BCUT2D eigenvalue weighted by atomic mass is 28.4. The number of oxime groups is 1. The molecule has 0 aromatic heterocycles. The van der Waals surface area contributed by atoms with Crippen LogP contribution in [0.3, 0.4) is 0 Å². The zero-order valence-electron chi connectivity index (χ0n) is 24.0. The van der Waals surface area contributed by atoms with Crippen LogP contribution in [-0.2, 0) is 18.5 Å². The third-order valence-electron chi connectivity index (χ3n) is 5.76. The molecule has 0 saturated carbocycles. The molecule has 1 rings (SSSR count). The molecule has 0 heterocycles. The number of hydrogen-bond acceptors (Lipinski definition) is 5. The van der Waals surface area contributed by atoms with Crippen molar-refractivity contribution in [1.29, 1.82) is 0 Å². The zero-order valence-corrected chi connectivity index (χ0v) is 26.0. The van der Waals surface area contributed by atoms with Gasteiger partial charge in [0, 0.05) is 6.42 Å². The summed E-state index contributed by atoms with van der Waals surface area (Å²) >= 11 is 0. The van der Waals surface area contributed by atoms with E-state index in [1.165, 1.54) is 30.4 Å². The van der Waals surface area contributed by atoms with E-state index in [4.69, 9.17) is 13.7 Å². The molecule has 7 heteroatoms. The first kappa shape index (κ1) is 31.8. The van der Waals surface area contributed by atoms with Crippen molar-refractivity contribution in [2.45, 2.75) is 136 Å². The minimum absolute atomic E-state index is 0.0322. The average molecular weight is 524 g/mol. The Labute approximate surface area is 218 Å². The molecule has 0 bridgehead atoms. The highest BCUT2D eigenvalue weighted by Gasteiger charge is 2.23. The van der Waals surface area contributed by atoms with Crippen LogP contribution in [0.15, 0.2) is 28.5 Å². The molecule has 0 N–H and O–H groups in total. The summed E-state index contributed by atoms with van der Waals surface area (Å²) in [4.78, 5) is 17.4. The van der Waals surface area contributed by atoms with E-state index in [9.17, 15) is 4.79 Å². The van der Waals surface area contributed by atoms with Crippen LogP contribution < -0.4 is 0 Å². The molecule has 5 nitrogen and oxygen atoms in total. The minimum atomic E-state index is -1.77. The van der Waals surface area contributed by atoms with E-state index in [1.807, 2.05) is 6.92 Å². The molecule has 1 aliphatic rings. The van der Waals surface area contributed by atoms with E-state index in [0.717, 1.165) is 57.1 Å². The van der Waals surface area contributed by atoms with Crippen molar-refractivity contribution in [3.8, 4) is 0 Å². The standard InChI is InChI=1S/C28H53NO4Si2/c1-9-11-14-17-25(32-34(3,4)5)22-20-24-21-23-27(29-31-10-2)26(24)18-15-12-13-16-19-28(30)33-35(6,7)8/h20,22,25H,9-19,21,23H2,1-8H3. The summed E-state index contributed by atoms with van der Waals surface area (Å²) in [5, 5.41) is 4.44. The van der Waals surface area contributed by atoms with Crippen LogP contribution in [0.4, 0.5) is 0 Å². The van der Waals surface area contributed by atoms with E-state index < -0.39 is 16.6 Å². The SMILES string of the molecule is CCCCCC(C=CC1=C(CCCCCCC(=O)O[Si](C)(C)C)C(=NOCC)CC1)O[Si](C)(C)C. The Kier molecular flexibility index (Phi) is 15.0. The van der Waals surface area contributed by atoms with Gasteiger partial charge in [-0.15, -0.1) is 0 Å². The summed E-state index contributed by atoms with van der Waals surface area (Å²) in [7, 11) is -3.38. The summed E-state index contributed by atoms with van der Waals surface area (Å²) in [5.41, 5.74) is 3.86. The molecule has 1 unspecified atom stereocenters. The smallest absolute Gasteiger partial charge is 0.292 e. The lowest BCUT2D eigenvalue weighted by Crippen LogP contribution is -2.31. The Balaban J connectivity index is 2.74. The summed E-state index contributed by atoms with van der Waals surface area (Å²) < 4.78 is 12.0. The van der Waals surface area contributed by atoms with Crippen LogP contribution >= 0.6 is 0 Å². The fraction of sp³-hybridized carbons (Fsp3) is 0.786. The van der Waals surface area contributed by atoms with Gasteiger partial charge in [-0.2, -0.15) is 0 Å². The number of allylic oxidation sites excluding steroid dienone is 3. The number of carbonyl (C=O) groups is 1. The van der Waals surface area contributed by atoms with Gasteiger partial charge >= 0.3 is 0 Å². The zero-order chi connectivity index (χ0) is 26.3. The van der Waals surface area contributed by atoms with Crippen LogP contribution in [0.5, 0.6) is 0 Å². The third-order valence-corrected chi connectivity index (χ3v) is 7.61. The predicted molar refractivity (Wildman–Crippen MR) is 154 cm³/mol. The van der Waals surface area contributed by atoms with E-state index in [2.05, 4.69) is 63.5 Å². The second-order valence-electron chi connectivity index (χ2n) is 11.6. The van der Waals surface area contributed by atoms with Crippen molar-refractivity contribution in [3.05, 3.63) is 23.3 Å². The molecule has 1 atom stereocenters. The summed E-state index contributed by atoms with van der Waals surface area (Å²) in [6.07, 6.45) is 17.3. The monoisotopic (exact) mass is 523 g/mol. The van der Waals surface area contributed by atoms with Crippen molar-refractivity contribution in [1.82, 2.24) is 0 Å². The van der Waals surface area contributed by atoms with E-state index in [0.29, 0.717) is 13.0 Å². The first-order valence-corrected chi connectivity index (χ1v) is 20.8. The second kappa shape index (κ2) is 16.5. The quantitative estimate of drug-likeness (QED) is 0.103. The van der Waals surface area contributed by atoms with Crippen LogP contribution in [0.1, 0.15) is 90.9 Å². The van der Waals surface area contributed by atoms with E-state index >= 15 is 0 Å². The molecular formula is C28H53NO4Si2. The number of carbonyl (C=O) groups excluding carboxylic acids is 1. The van der Waals surface area contributed by atoms with E-state index in [1.54, 1.807) is 0 Å². The topological polar surface area (TPSA) is 57.1 Å². The summed E-state index contributed by atoms with van der Waals surface area (Å²) in [5.74, 6) is -0.0322. The van der Waals surface area contributed by atoms with Crippen LogP contribution in [0.2, 0.25) is 39.3 Å². The van der Waals surface area contributed by atoms with Gasteiger partial charge < -0.3 is 13.7 Å². The van der Waals surface area contributed by atoms with Crippen molar-refractivity contribution in [2.24, 2.45) is 5.16 Å². The number of hydrogen-bond donors (Lipinski definition) is 0. The van der Waals surface area contributed by atoms with Crippen LogP contribution in [0, 0.1) is 0 Å². The lowest BCUT2D eigenvalue weighted by Gasteiger charge is -2.24. The van der Waals surface area contributed by atoms with Gasteiger partial charge in [-0.3, -0.25) is 4.79 Å². The van der Waals surface area contributed by atoms with Gasteiger partial charge in [-0.05, 0) is 95.9 Å². The molecule has 1 aliphatic carbocycles. The maximum Gasteiger partial charge on any atom is 0.292 e. The highest BCUT2D eigenvalue weighted by molar-refractivity contribution is 6.71. The molecule has 0 aliphatic heterocycles. The average Bonchev–Trinajstić information content (AvgIpc) is 3.12. The molecule has 0 aromatic rings. The Morgan fingerprint density at radius 2 is 1.66 bits per heavy atom. The molecule has 0 amide bonds. The fourth-order valence-electron chi connectivity index (χ4n) is 4.26. The molecule has 0 radical (unpaired) electrons. The maximum absolute atomic E-state index is 11.9. The number of nitrogens with zero attached hydrogens (tertiary/aromatic N) is 1. The van der Waals surface area contributed by atoms with Crippen molar-refractivity contribution in [2.75, 3.05) is 6.61 Å². The first-order valence-electron chi connectivity index (χ1n) is 13.9. The maximum atomic E-state index is 11.9. The lowest BCUT2D eigenvalue weighted by molar-refractivity contribution is -0.135. The Bertz CT molecular complexity index is 717. The number of rotatable bonds is 18. The van der Waals surface area contributed by atoms with Gasteiger partial charge in [0.05, 0.1) is 11.8 Å². The van der Waals surface area contributed by atoms with Crippen LogP contribution in [-0.4, -0.2) is 41.0 Å². The first-order chi connectivity index (χ1) is 16.4. The largest absolute Gasteiger partial charge is 0.520 e. The second-order valence-corrected chi connectivity index (χ2v) is 20.5. The molecule has 202 valence electrons. The molecule has 0 aromatic carbocycles. The molecule has 0 spiro atoms. The molecular weight excluding hydrogens is 470 g/mol. The molecule has 0 fully saturated rings. The minimum Gasteiger partial charge on any atom is -0.520 e. The Hall–Kier alpha value is -1.19. The predicted octanol–water partition coefficient (Wildman–Crippen LogP) is 8.54. The molecule has 0 saturated heterocycles. The molecule has 35 heavy (non-hydrogen) atoms. The Morgan fingerprint density at radius 1 is 0.943 bits per heavy atom. The Morgan fingerprint density at radius 3 is 2.29 bits per heavy atom. The fourth-order valence-corrected chi connectivity index (χ4v) is 6.15. The van der Waals surface area contributed by atoms with Crippen molar-refractivity contribution < 1.29 is 18.5 Å². The van der Waals surface area contributed by atoms with Crippen LogP contribution in [0.25, 0.3) is 0 Å². The third kappa shape index (κ3) is 15.5. The van der Waals surface area contributed by atoms with Gasteiger partial charge in [0.1, 0.15) is 6.61 Å². The van der Waals surface area contributed by atoms with E-state index in [-0.39, 0.29) is 12.1 Å². The highest BCUT2D eigenvalue weighted by Crippen LogP contribution is 2.30.